The Labute approximate surface area is 131 Å². The molecule has 0 aliphatic carbocycles. The largest absolute Gasteiger partial charge is 0.360 e. The fraction of sp³-hybridized carbons (Fsp3) is 0.0625. The zero-order valence-corrected chi connectivity index (χ0v) is 12.2. The third-order valence-electron chi connectivity index (χ3n) is 2.99. The Hall–Kier alpha value is -3.22. The molecule has 2 heterocycles. The quantitative estimate of drug-likeness (QED) is 0.770. The lowest BCUT2D eigenvalue weighted by molar-refractivity contribution is 0.102. The number of nitrogens with one attached hydrogen (secondary N) is 2. The van der Waals surface area contributed by atoms with Crippen molar-refractivity contribution in [1.29, 1.82) is 0 Å². The Morgan fingerprint density at radius 2 is 2.04 bits per heavy atom. The first kappa shape index (κ1) is 14.7. The molecule has 0 saturated heterocycles. The van der Waals surface area contributed by atoms with Crippen LogP contribution >= 0.6 is 0 Å². The Morgan fingerprint density at radius 3 is 2.70 bits per heavy atom. The van der Waals surface area contributed by atoms with Gasteiger partial charge >= 0.3 is 0 Å². The van der Waals surface area contributed by atoms with Gasteiger partial charge in [-0.3, -0.25) is 4.79 Å². The molecule has 0 radical (unpaired) electrons. The van der Waals surface area contributed by atoms with Crippen LogP contribution < -0.4 is 10.6 Å². The van der Waals surface area contributed by atoms with Crippen molar-refractivity contribution in [2.24, 2.45) is 0 Å². The highest BCUT2D eigenvalue weighted by Gasteiger charge is 2.07. The summed E-state index contributed by atoms with van der Waals surface area (Å²) in [7, 11) is 0. The SMILES string of the molecule is Cc1cc(Nc2ccc(NC(=O)c3cccc(F)c3)cn2)no1. The van der Waals surface area contributed by atoms with E-state index in [2.05, 4.69) is 20.8 Å². The molecule has 116 valence electrons. The molecule has 23 heavy (non-hydrogen) atoms. The van der Waals surface area contributed by atoms with E-state index in [1.807, 2.05) is 0 Å². The maximum atomic E-state index is 13.1. The summed E-state index contributed by atoms with van der Waals surface area (Å²) in [5.74, 6) is 0.928. The van der Waals surface area contributed by atoms with Crippen molar-refractivity contribution in [1.82, 2.24) is 10.1 Å². The third-order valence-corrected chi connectivity index (χ3v) is 2.99. The highest BCUT2D eigenvalue weighted by atomic mass is 19.1. The number of anilines is 3. The molecule has 0 bridgehead atoms. The van der Waals surface area contributed by atoms with E-state index in [1.54, 1.807) is 25.1 Å². The summed E-state index contributed by atoms with van der Waals surface area (Å²) in [6, 6.07) is 10.6. The zero-order valence-electron chi connectivity index (χ0n) is 12.2. The van der Waals surface area contributed by atoms with E-state index in [9.17, 15) is 9.18 Å². The number of carbonyl (C=O) groups excluding carboxylic acids is 1. The number of hydrogen-bond donors (Lipinski definition) is 2. The Morgan fingerprint density at radius 1 is 1.17 bits per heavy atom. The van der Waals surface area contributed by atoms with Gasteiger partial charge in [-0.2, -0.15) is 0 Å². The molecule has 0 fully saturated rings. The summed E-state index contributed by atoms with van der Waals surface area (Å²) >= 11 is 0. The van der Waals surface area contributed by atoms with E-state index in [0.29, 0.717) is 23.1 Å². The first-order valence-corrected chi connectivity index (χ1v) is 6.83. The van der Waals surface area contributed by atoms with Gasteiger partial charge in [0.05, 0.1) is 11.9 Å². The monoisotopic (exact) mass is 312 g/mol. The van der Waals surface area contributed by atoms with Gasteiger partial charge < -0.3 is 15.2 Å². The molecule has 3 rings (SSSR count). The highest BCUT2D eigenvalue weighted by Crippen LogP contribution is 2.16. The maximum absolute atomic E-state index is 13.1. The van der Waals surface area contributed by atoms with Gasteiger partial charge in [-0.05, 0) is 37.3 Å². The topological polar surface area (TPSA) is 80.0 Å². The molecule has 0 unspecified atom stereocenters. The van der Waals surface area contributed by atoms with Crippen molar-refractivity contribution < 1.29 is 13.7 Å². The lowest BCUT2D eigenvalue weighted by atomic mass is 10.2. The van der Waals surface area contributed by atoms with Gasteiger partial charge in [-0.25, -0.2) is 9.37 Å². The highest BCUT2D eigenvalue weighted by molar-refractivity contribution is 6.04. The standard InChI is InChI=1S/C16H13FN4O2/c1-10-7-15(21-23-10)20-14-6-5-13(9-18-14)19-16(22)11-3-2-4-12(17)8-11/h2-9H,1H3,(H,19,22)(H,18,20,21). The van der Waals surface area contributed by atoms with Crippen LogP contribution in [0.4, 0.5) is 21.7 Å². The van der Waals surface area contributed by atoms with E-state index in [4.69, 9.17) is 4.52 Å². The predicted octanol–water partition coefficient (Wildman–Crippen LogP) is 3.51. The second-order valence-electron chi connectivity index (χ2n) is 4.84. The van der Waals surface area contributed by atoms with Gasteiger partial charge in [-0.15, -0.1) is 0 Å². The van der Waals surface area contributed by atoms with Crippen molar-refractivity contribution >= 4 is 23.2 Å². The van der Waals surface area contributed by atoms with Gasteiger partial charge in [0.25, 0.3) is 5.91 Å². The molecule has 0 aliphatic rings. The van der Waals surface area contributed by atoms with Crippen molar-refractivity contribution in [2.45, 2.75) is 6.92 Å². The molecule has 0 spiro atoms. The molecule has 1 amide bonds. The molecule has 0 saturated carbocycles. The van der Waals surface area contributed by atoms with Crippen molar-refractivity contribution in [3.05, 3.63) is 65.8 Å². The number of rotatable bonds is 4. The number of nitrogens with zero attached hydrogens (tertiary/aromatic N) is 2. The van der Waals surface area contributed by atoms with Crippen LogP contribution in [0.25, 0.3) is 0 Å². The number of carbonyl (C=O) groups is 1. The van der Waals surface area contributed by atoms with Crippen LogP contribution in [0.2, 0.25) is 0 Å². The first-order chi connectivity index (χ1) is 11.1. The summed E-state index contributed by atoms with van der Waals surface area (Å²) in [6.07, 6.45) is 1.49. The van der Waals surface area contributed by atoms with Crippen molar-refractivity contribution in [3.63, 3.8) is 0 Å². The minimum atomic E-state index is -0.460. The maximum Gasteiger partial charge on any atom is 0.255 e. The number of aromatic nitrogens is 2. The van der Waals surface area contributed by atoms with Crippen LogP contribution in [0.5, 0.6) is 0 Å². The van der Waals surface area contributed by atoms with Crippen LogP contribution in [0.3, 0.4) is 0 Å². The third kappa shape index (κ3) is 3.70. The summed E-state index contributed by atoms with van der Waals surface area (Å²) in [4.78, 5) is 16.2. The number of pyridine rings is 1. The van der Waals surface area contributed by atoms with Crippen LogP contribution in [0.1, 0.15) is 16.1 Å². The molecule has 2 N–H and O–H groups in total. The van der Waals surface area contributed by atoms with Gasteiger partial charge in [0.1, 0.15) is 17.4 Å². The van der Waals surface area contributed by atoms with Crippen LogP contribution in [-0.2, 0) is 0 Å². The Bertz CT molecular complexity index is 830. The minimum Gasteiger partial charge on any atom is -0.360 e. The number of halogens is 1. The average Bonchev–Trinajstić information content (AvgIpc) is 2.94. The van der Waals surface area contributed by atoms with Gasteiger partial charge in [0.2, 0.25) is 0 Å². The molecular formula is C16H13FN4O2. The molecule has 1 aromatic carbocycles. The van der Waals surface area contributed by atoms with Crippen molar-refractivity contribution in [2.75, 3.05) is 10.6 Å². The van der Waals surface area contributed by atoms with Gasteiger partial charge in [0.15, 0.2) is 5.82 Å². The number of benzene rings is 1. The summed E-state index contributed by atoms with van der Waals surface area (Å²) in [6.45, 7) is 1.79. The van der Waals surface area contributed by atoms with Gasteiger partial charge in [0, 0.05) is 11.6 Å². The molecule has 6 nitrogen and oxygen atoms in total. The fourth-order valence-electron chi connectivity index (χ4n) is 1.93. The lowest BCUT2D eigenvalue weighted by Gasteiger charge is -2.06. The zero-order chi connectivity index (χ0) is 16.2. The number of amides is 1. The lowest BCUT2D eigenvalue weighted by Crippen LogP contribution is -2.12. The van der Waals surface area contributed by atoms with Crippen molar-refractivity contribution in [3.8, 4) is 0 Å². The summed E-state index contributed by atoms with van der Waals surface area (Å²) < 4.78 is 18.1. The van der Waals surface area contributed by atoms with E-state index in [-0.39, 0.29) is 5.56 Å². The predicted molar refractivity (Wildman–Crippen MR) is 83.1 cm³/mol. The Kier molecular flexibility index (Phi) is 4.01. The summed E-state index contributed by atoms with van der Waals surface area (Å²) in [5, 5.41) is 9.42. The second-order valence-corrected chi connectivity index (χ2v) is 4.84. The van der Waals surface area contributed by atoms with Crippen LogP contribution in [-0.4, -0.2) is 16.0 Å². The van der Waals surface area contributed by atoms with E-state index < -0.39 is 11.7 Å². The molecule has 0 aliphatic heterocycles. The van der Waals surface area contributed by atoms with Crippen LogP contribution in [0, 0.1) is 12.7 Å². The van der Waals surface area contributed by atoms with E-state index in [0.717, 1.165) is 0 Å². The average molecular weight is 312 g/mol. The first-order valence-electron chi connectivity index (χ1n) is 6.83. The number of aryl methyl sites for hydroxylation is 1. The molecule has 7 heteroatoms. The second kappa shape index (κ2) is 6.27. The molecular weight excluding hydrogens is 299 g/mol. The minimum absolute atomic E-state index is 0.241. The molecule has 3 aromatic rings. The normalized spacial score (nSPS) is 10.3. The molecule has 2 aromatic heterocycles. The Balaban J connectivity index is 1.66. The van der Waals surface area contributed by atoms with Gasteiger partial charge in [-0.1, -0.05) is 11.2 Å². The number of hydrogen-bond acceptors (Lipinski definition) is 5. The molecule has 0 atom stereocenters. The fourth-order valence-corrected chi connectivity index (χ4v) is 1.93. The smallest absolute Gasteiger partial charge is 0.255 e. The van der Waals surface area contributed by atoms with E-state index >= 15 is 0 Å². The van der Waals surface area contributed by atoms with Crippen LogP contribution in [0.15, 0.2) is 53.2 Å². The summed E-state index contributed by atoms with van der Waals surface area (Å²) in [5.41, 5.74) is 0.742. The van der Waals surface area contributed by atoms with E-state index in [1.165, 1.54) is 30.5 Å².